The molecule has 4 heterocycles. The summed E-state index contributed by atoms with van der Waals surface area (Å²) in [5.74, 6) is -0.0600. The standard InChI is InChI=1S/C20H11F3N6O2/c21-20(22,23)15-14(11-5-2-1-3-6-11)16-25-10-13(19(30)29(16)28-15)18-27-26-17(31-18)12-7-4-8-24-9-12/h1-10,28H. The number of halogens is 3. The van der Waals surface area contributed by atoms with Gasteiger partial charge < -0.3 is 4.42 Å². The molecule has 8 nitrogen and oxygen atoms in total. The molecule has 0 bridgehead atoms. The highest BCUT2D eigenvalue weighted by Gasteiger charge is 2.38. The summed E-state index contributed by atoms with van der Waals surface area (Å²) in [6.45, 7) is 0. The Hall–Kier alpha value is -4.28. The minimum atomic E-state index is -4.73. The van der Waals surface area contributed by atoms with Gasteiger partial charge in [0.2, 0.25) is 5.89 Å². The van der Waals surface area contributed by atoms with Crippen LogP contribution in [0.1, 0.15) is 5.69 Å². The van der Waals surface area contributed by atoms with Crippen LogP contribution in [0.25, 0.3) is 39.7 Å². The molecule has 0 spiro atoms. The zero-order valence-electron chi connectivity index (χ0n) is 15.5. The van der Waals surface area contributed by atoms with Crippen LogP contribution in [-0.4, -0.2) is 29.8 Å². The van der Waals surface area contributed by atoms with Crippen LogP contribution in [-0.2, 0) is 6.18 Å². The van der Waals surface area contributed by atoms with Crippen molar-refractivity contribution in [2.24, 2.45) is 0 Å². The molecule has 0 fully saturated rings. The first-order valence-corrected chi connectivity index (χ1v) is 8.94. The highest BCUT2D eigenvalue weighted by atomic mass is 19.4. The summed E-state index contributed by atoms with van der Waals surface area (Å²) in [4.78, 5) is 21.0. The van der Waals surface area contributed by atoms with E-state index in [4.69, 9.17) is 4.42 Å². The van der Waals surface area contributed by atoms with Crippen LogP contribution in [0.15, 0.2) is 70.3 Å². The number of aromatic amines is 1. The quantitative estimate of drug-likeness (QED) is 0.473. The fourth-order valence-corrected chi connectivity index (χ4v) is 3.18. The molecule has 1 N–H and O–H groups in total. The normalized spacial score (nSPS) is 11.8. The number of aromatic nitrogens is 6. The van der Waals surface area contributed by atoms with Crippen LogP contribution in [0.2, 0.25) is 0 Å². The van der Waals surface area contributed by atoms with Crippen LogP contribution in [0, 0.1) is 0 Å². The molecule has 1 aromatic carbocycles. The van der Waals surface area contributed by atoms with Gasteiger partial charge in [-0.2, -0.15) is 17.7 Å². The maximum atomic E-state index is 13.7. The maximum Gasteiger partial charge on any atom is 0.433 e. The summed E-state index contributed by atoms with van der Waals surface area (Å²) >= 11 is 0. The predicted molar refractivity (Wildman–Crippen MR) is 103 cm³/mol. The monoisotopic (exact) mass is 424 g/mol. The van der Waals surface area contributed by atoms with Crippen molar-refractivity contribution >= 4 is 5.65 Å². The van der Waals surface area contributed by atoms with E-state index in [1.807, 2.05) is 0 Å². The third-order valence-electron chi connectivity index (χ3n) is 4.57. The molecule has 5 rings (SSSR count). The number of H-pyrrole nitrogens is 1. The lowest BCUT2D eigenvalue weighted by molar-refractivity contribution is -0.140. The van der Waals surface area contributed by atoms with Crippen molar-refractivity contribution < 1.29 is 17.6 Å². The van der Waals surface area contributed by atoms with E-state index >= 15 is 0 Å². The van der Waals surface area contributed by atoms with Crippen LogP contribution < -0.4 is 5.56 Å². The number of hydrogen-bond donors (Lipinski definition) is 1. The van der Waals surface area contributed by atoms with Gasteiger partial charge in [-0.05, 0) is 17.7 Å². The van der Waals surface area contributed by atoms with E-state index in [-0.39, 0.29) is 34.1 Å². The molecule has 31 heavy (non-hydrogen) atoms. The fourth-order valence-electron chi connectivity index (χ4n) is 3.18. The van der Waals surface area contributed by atoms with Crippen molar-refractivity contribution in [1.82, 2.24) is 29.8 Å². The Morgan fingerprint density at radius 3 is 2.39 bits per heavy atom. The number of nitrogens with one attached hydrogen (secondary N) is 1. The fraction of sp³-hybridized carbons (Fsp3) is 0.0500. The number of alkyl halides is 3. The molecule has 5 aromatic rings. The second-order valence-electron chi connectivity index (χ2n) is 6.52. The number of benzene rings is 1. The van der Waals surface area contributed by atoms with Gasteiger partial charge in [0.25, 0.3) is 11.4 Å². The van der Waals surface area contributed by atoms with Crippen molar-refractivity contribution in [3.63, 3.8) is 0 Å². The predicted octanol–water partition coefficient (Wildman–Crippen LogP) is 3.82. The third kappa shape index (κ3) is 3.16. The Kier molecular flexibility index (Phi) is 4.17. The Morgan fingerprint density at radius 1 is 0.935 bits per heavy atom. The molecule has 0 aliphatic rings. The minimum absolute atomic E-state index is 0.111. The van der Waals surface area contributed by atoms with E-state index in [1.54, 1.807) is 36.5 Å². The lowest BCUT2D eigenvalue weighted by Gasteiger charge is -2.06. The summed E-state index contributed by atoms with van der Waals surface area (Å²) in [6, 6.07) is 11.3. The molecule has 0 amide bonds. The van der Waals surface area contributed by atoms with Gasteiger partial charge in [-0.3, -0.25) is 14.9 Å². The third-order valence-corrected chi connectivity index (χ3v) is 4.57. The summed E-state index contributed by atoms with van der Waals surface area (Å²) < 4.78 is 47.3. The van der Waals surface area contributed by atoms with Gasteiger partial charge in [0.05, 0.1) is 11.1 Å². The maximum absolute atomic E-state index is 13.7. The average molecular weight is 424 g/mol. The summed E-state index contributed by atoms with van der Waals surface area (Å²) in [5, 5.41) is 9.84. The number of pyridine rings is 1. The molecular weight excluding hydrogens is 413 g/mol. The van der Waals surface area contributed by atoms with Crippen LogP contribution >= 0.6 is 0 Å². The second kappa shape index (κ2) is 6.90. The second-order valence-corrected chi connectivity index (χ2v) is 6.52. The van der Waals surface area contributed by atoms with Gasteiger partial charge in [-0.15, -0.1) is 10.2 Å². The Bertz CT molecular complexity index is 1440. The van der Waals surface area contributed by atoms with Crippen molar-refractivity contribution in [1.29, 1.82) is 0 Å². The molecule has 0 aliphatic carbocycles. The van der Waals surface area contributed by atoms with E-state index in [9.17, 15) is 18.0 Å². The van der Waals surface area contributed by atoms with Crippen molar-refractivity contribution in [2.75, 3.05) is 0 Å². The van der Waals surface area contributed by atoms with Crippen molar-refractivity contribution in [3.05, 3.63) is 77.1 Å². The van der Waals surface area contributed by atoms with Gasteiger partial charge >= 0.3 is 6.18 Å². The highest BCUT2D eigenvalue weighted by Crippen LogP contribution is 2.38. The molecule has 11 heteroatoms. The van der Waals surface area contributed by atoms with E-state index in [2.05, 4.69) is 25.3 Å². The first-order valence-electron chi connectivity index (χ1n) is 8.94. The van der Waals surface area contributed by atoms with Gasteiger partial charge in [-0.1, -0.05) is 30.3 Å². The van der Waals surface area contributed by atoms with Gasteiger partial charge in [-0.25, -0.2) is 4.98 Å². The van der Waals surface area contributed by atoms with Crippen LogP contribution in [0.4, 0.5) is 13.2 Å². The largest absolute Gasteiger partial charge is 0.433 e. The van der Waals surface area contributed by atoms with E-state index in [0.29, 0.717) is 5.56 Å². The van der Waals surface area contributed by atoms with E-state index < -0.39 is 17.4 Å². The zero-order chi connectivity index (χ0) is 21.6. The van der Waals surface area contributed by atoms with Gasteiger partial charge in [0.1, 0.15) is 11.3 Å². The number of nitrogens with zero attached hydrogens (tertiary/aromatic N) is 5. The minimum Gasteiger partial charge on any atom is -0.416 e. The topological polar surface area (TPSA) is 102 Å². The average Bonchev–Trinajstić information content (AvgIpc) is 3.41. The van der Waals surface area contributed by atoms with E-state index in [1.165, 1.54) is 18.3 Å². The highest BCUT2D eigenvalue weighted by molar-refractivity contribution is 5.80. The summed E-state index contributed by atoms with van der Waals surface area (Å²) in [7, 11) is 0. The number of rotatable bonds is 3. The molecule has 4 aromatic heterocycles. The first-order chi connectivity index (χ1) is 14.9. The Labute approximate surface area is 171 Å². The Morgan fingerprint density at radius 2 is 1.68 bits per heavy atom. The van der Waals surface area contributed by atoms with Gasteiger partial charge in [0, 0.05) is 18.6 Å². The first kappa shape index (κ1) is 18.7. The smallest absolute Gasteiger partial charge is 0.416 e. The lowest BCUT2D eigenvalue weighted by atomic mass is 10.1. The van der Waals surface area contributed by atoms with Gasteiger partial charge in [0.15, 0.2) is 5.65 Å². The molecule has 0 unspecified atom stereocenters. The number of fused-ring (bicyclic) bond motifs is 1. The SMILES string of the molecule is O=c1c(-c2nnc(-c3cccnc3)o2)cnc2c(-c3ccccc3)c(C(F)(F)F)[nH]n12. The molecule has 0 radical (unpaired) electrons. The zero-order valence-corrected chi connectivity index (χ0v) is 15.5. The Balaban J connectivity index is 1.70. The molecule has 0 saturated heterocycles. The lowest BCUT2D eigenvalue weighted by Crippen LogP contribution is -2.18. The summed E-state index contributed by atoms with van der Waals surface area (Å²) in [6.07, 6.45) is -0.542. The molecule has 0 saturated carbocycles. The van der Waals surface area contributed by atoms with Crippen molar-refractivity contribution in [3.8, 4) is 34.0 Å². The molecule has 0 aliphatic heterocycles. The van der Waals surface area contributed by atoms with Crippen LogP contribution in [0.5, 0.6) is 0 Å². The van der Waals surface area contributed by atoms with Crippen LogP contribution in [0.3, 0.4) is 0 Å². The summed E-state index contributed by atoms with van der Waals surface area (Å²) in [5.41, 5.74) is -1.63. The molecular formula is C20H11F3N6O2. The molecule has 154 valence electrons. The molecule has 0 atom stereocenters. The van der Waals surface area contributed by atoms with Crippen molar-refractivity contribution in [2.45, 2.75) is 6.18 Å². The number of hydrogen-bond acceptors (Lipinski definition) is 6. The van der Waals surface area contributed by atoms with E-state index in [0.717, 1.165) is 10.7 Å².